The van der Waals surface area contributed by atoms with Gasteiger partial charge in [0.05, 0.1) is 12.8 Å². The maximum absolute atomic E-state index is 11.9. The molecule has 1 heterocycles. The summed E-state index contributed by atoms with van der Waals surface area (Å²) in [6, 6.07) is 6.66. The van der Waals surface area contributed by atoms with E-state index < -0.39 is 17.1 Å². The van der Waals surface area contributed by atoms with Crippen molar-refractivity contribution in [2.24, 2.45) is 24.3 Å². The highest BCUT2D eigenvalue weighted by Crippen LogP contribution is 2.23. The Morgan fingerprint density at radius 1 is 1.05 bits per heavy atom. The van der Waals surface area contributed by atoms with Gasteiger partial charge in [0.15, 0.2) is 0 Å². The Morgan fingerprint density at radius 3 is 2.24 bits per heavy atom. The summed E-state index contributed by atoms with van der Waals surface area (Å²) in [7, 11) is 4.18. The lowest BCUT2D eigenvalue weighted by molar-refractivity contribution is 0.413. The van der Waals surface area contributed by atoms with Crippen LogP contribution in [0.5, 0.6) is 11.6 Å². The summed E-state index contributed by atoms with van der Waals surface area (Å²) in [4.78, 5) is 23.5. The first-order chi connectivity index (χ1) is 9.95. The molecule has 110 valence electrons. The van der Waals surface area contributed by atoms with Gasteiger partial charge in [-0.3, -0.25) is 13.9 Å². The zero-order valence-corrected chi connectivity index (χ0v) is 11.8. The Bertz CT molecular complexity index is 803. The number of rotatable bonds is 3. The molecule has 8 heteroatoms. The molecule has 0 fully saturated rings. The van der Waals surface area contributed by atoms with E-state index in [1.165, 1.54) is 14.1 Å². The summed E-state index contributed by atoms with van der Waals surface area (Å²) in [5.41, 5.74) is -1.17. The lowest BCUT2D eigenvalue weighted by Crippen LogP contribution is -2.36. The number of benzene rings is 1. The van der Waals surface area contributed by atoms with Crippen molar-refractivity contribution < 1.29 is 9.84 Å². The van der Waals surface area contributed by atoms with E-state index in [0.717, 1.165) is 9.13 Å². The largest absolute Gasteiger partial charge is 0.497 e. The molecule has 8 nitrogen and oxygen atoms in total. The summed E-state index contributed by atoms with van der Waals surface area (Å²) in [5.74, 6) is 0.134. The molecular formula is C13H14N4O4. The van der Waals surface area contributed by atoms with Crippen LogP contribution in [-0.2, 0) is 14.1 Å². The second kappa shape index (κ2) is 5.61. The van der Waals surface area contributed by atoms with Crippen LogP contribution in [0.1, 0.15) is 0 Å². The fraction of sp³-hybridized carbons (Fsp3) is 0.231. The molecule has 1 N–H and O–H groups in total. The molecule has 0 spiro atoms. The highest BCUT2D eigenvalue weighted by molar-refractivity contribution is 5.46. The van der Waals surface area contributed by atoms with E-state index in [0.29, 0.717) is 11.4 Å². The van der Waals surface area contributed by atoms with Gasteiger partial charge in [0.25, 0.3) is 5.56 Å². The normalized spacial score (nSPS) is 11.0. The third-order valence-corrected chi connectivity index (χ3v) is 2.95. The molecule has 2 aromatic rings. The molecule has 2 rings (SSSR count). The van der Waals surface area contributed by atoms with Gasteiger partial charge in [0.1, 0.15) is 5.75 Å². The first-order valence-corrected chi connectivity index (χ1v) is 6.00. The third-order valence-electron chi connectivity index (χ3n) is 2.95. The predicted octanol–water partition coefficient (Wildman–Crippen LogP) is 1.21. The van der Waals surface area contributed by atoms with E-state index in [-0.39, 0.29) is 5.69 Å². The van der Waals surface area contributed by atoms with Gasteiger partial charge < -0.3 is 9.84 Å². The average molecular weight is 290 g/mol. The van der Waals surface area contributed by atoms with Crippen LogP contribution >= 0.6 is 0 Å². The molecule has 0 saturated carbocycles. The van der Waals surface area contributed by atoms with E-state index in [1.807, 2.05) is 0 Å². The summed E-state index contributed by atoms with van der Waals surface area (Å²) < 4.78 is 6.78. The van der Waals surface area contributed by atoms with Crippen LogP contribution in [0.3, 0.4) is 0 Å². The maximum atomic E-state index is 11.9. The molecular weight excluding hydrogens is 276 g/mol. The molecule has 0 bridgehead atoms. The lowest BCUT2D eigenvalue weighted by Gasteiger charge is -2.06. The Morgan fingerprint density at radius 2 is 1.67 bits per heavy atom. The smallest absolute Gasteiger partial charge is 0.333 e. The van der Waals surface area contributed by atoms with Crippen LogP contribution in [0.4, 0.5) is 11.4 Å². The van der Waals surface area contributed by atoms with Crippen molar-refractivity contribution in [3.63, 3.8) is 0 Å². The molecule has 0 saturated heterocycles. The van der Waals surface area contributed by atoms with Gasteiger partial charge >= 0.3 is 5.69 Å². The summed E-state index contributed by atoms with van der Waals surface area (Å²) in [6.45, 7) is 0. The minimum atomic E-state index is -0.715. The van der Waals surface area contributed by atoms with Crippen molar-refractivity contribution in [3.8, 4) is 11.6 Å². The fourth-order valence-electron chi connectivity index (χ4n) is 1.66. The molecule has 1 aromatic heterocycles. The van der Waals surface area contributed by atoms with Gasteiger partial charge in [-0.15, -0.1) is 5.11 Å². The average Bonchev–Trinajstić information content (AvgIpc) is 2.51. The first kappa shape index (κ1) is 14.5. The third kappa shape index (κ3) is 2.69. The lowest BCUT2D eigenvalue weighted by atomic mass is 10.3. The van der Waals surface area contributed by atoms with E-state index >= 15 is 0 Å². The van der Waals surface area contributed by atoms with Gasteiger partial charge in [-0.1, -0.05) is 0 Å². The molecule has 0 aliphatic carbocycles. The van der Waals surface area contributed by atoms with Gasteiger partial charge in [-0.2, -0.15) is 5.11 Å². The Labute approximate surface area is 119 Å². The van der Waals surface area contributed by atoms with Crippen molar-refractivity contribution in [2.75, 3.05) is 7.11 Å². The van der Waals surface area contributed by atoms with Crippen molar-refractivity contribution in [1.82, 2.24) is 9.13 Å². The SMILES string of the molecule is COc1ccc(N=Nc2c(O)n(C)c(=O)n(C)c2=O)cc1. The van der Waals surface area contributed by atoms with E-state index in [1.54, 1.807) is 31.4 Å². The molecule has 0 aliphatic heterocycles. The summed E-state index contributed by atoms with van der Waals surface area (Å²) in [5, 5.41) is 17.4. The molecule has 0 aliphatic rings. The zero-order valence-electron chi connectivity index (χ0n) is 11.8. The summed E-state index contributed by atoms with van der Waals surface area (Å²) in [6.07, 6.45) is 0. The van der Waals surface area contributed by atoms with Crippen LogP contribution in [-0.4, -0.2) is 21.4 Å². The minimum absolute atomic E-state index is 0.296. The quantitative estimate of drug-likeness (QED) is 0.859. The number of hydrogen-bond donors (Lipinski definition) is 1. The first-order valence-electron chi connectivity index (χ1n) is 6.00. The zero-order chi connectivity index (χ0) is 15.6. The number of aromatic hydroxyl groups is 1. The number of aromatic nitrogens is 2. The van der Waals surface area contributed by atoms with Crippen LogP contribution in [0.25, 0.3) is 0 Å². The van der Waals surface area contributed by atoms with Gasteiger partial charge in [-0.05, 0) is 24.3 Å². The molecule has 0 amide bonds. The van der Waals surface area contributed by atoms with E-state index in [2.05, 4.69) is 10.2 Å². The van der Waals surface area contributed by atoms with Crippen molar-refractivity contribution in [1.29, 1.82) is 0 Å². The Hall–Kier alpha value is -2.90. The van der Waals surface area contributed by atoms with Crippen LogP contribution in [0.15, 0.2) is 44.1 Å². The van der Waals surface area contributed by atoms with Gasteiger partial charge in [0, 0.05) is 14.1 Å². The number of methoxy groups -OCH3 is 1. The van der Waals surface area contributed by atoms with Gasteiger partial charge in [0.2, 0.25) is 11.6 Å². The van der Waals surface area contributed by atoms with Gasteiger partial charge in [-0.25, -0.2) is 4.79 Å². The highest BCUT2D eigenvalue weighted by atomic mass is 16.5. The fourth-order valence-corrected chi connectivity index (χ4v) is 1.66. The summed E-state index contributed by atoms with van der Waals surface area (Å²) >= 11 is 0. The second-order valence-corrected chi connectivity index (χ2v) is 4.28. The van der Waals surface area contributed by atoms with Crippen molar-refractivity contribution >= 4 is 11.4 Å². The molecule has 0 unspecified atom stereocenters. The Balaban J connectivity index is 2.46. The monoisotopic (exact) mass is 290 g/mol. The van der Waals surface area contributed by atoms with Crippen LogP contribution < -0.4 is 16.0 Å². The minimum Gasteiger partial charge on any atom is -0.497 e. The number of nitrogens with zero attached hydrogens (tertiary/aromatic N) is 4. The van der Waals surface area contributed by atoms with Crippen LogP contribution in [0, 0.1) is 0 Å². The highest BCUT2D eigenvalue weighted by Gasteiger charge is 2.14. The Kier molecular flexibility index (Phi) is 3.88. The van der Waals surface area contributed by atoms with Crippen molar-refractivity contribution in [2.45, 2.75) is 0 Å². The van der Waals surface area contributed by atoms with Crippen LogP contribution in [0.2, 0.25) is 0 Å². The van der Waals surface area contributed by atoms with E-state index in [9.17, 15) is 14.7 Å². The number of azo groups is 1. The molecule has 0 radical (unpaired) electrons. The van der Waals surface area contributed by atoms with E-state index in [4.69, 9.17) is 4.74 Å². The number of hydrogen-bond acceptors (Lipinski definition) is 6. The standard InChI is InChI=1S/C13H14N4O4/c1-16-11(18)10(12(19)17(2)13(16)20)15-14-8-4-6-9(21-3)7-5-8/h4-7,18H,1-3H3. The molecule has 21 heavy (non-hydrogen) atoms. The number of ether oxygens (including phenoxy) is 1. The topological polar surface area (TPSA) is 98.2 Å². The van der Waals surface area contributed by atoms with Crippen molar-refractivity contribution in [3.05, 3.63) is 45.1 Å². The maximum Gasteiger partial charge on any atom is 0.333 e. The second-order valence-electron chi connectivity index (χ2n) is 4.28. The predicted molar refractivity (Wildman–Crippen MR) is 75.8 cm³/mol. The molecule has 1 aromatic carbocycles. The molecule has 0 atom stereocenters.